The number of hydrogen-bond donors (Lipinski definition) is 1. The van der Waals surface area contributed by atoms with Gasteiger partial charge >= 0.3 is 0 Å². The Morgan fingerprint density at radius 2 is 1.67 bits per heavy atom. The quantitative estimate of drug-likeness (QED) is 0.627. The summed E-state index contributed by atoms with van der Waals surface area (Å²) in [5.74, 6) is 1.19. The number of pyridine rings is 1. The topological polar surface area (TPSA) is 114 Å². The van der Waals surface area contributed by atoms with E-state index in [4.69, 9.17) is 14.2 Å². The fourth-order valence-electron chi connectivity index (χ4n) is 1.91. The van der Waals surface area contributed by atoms with E-state index in [0.29, 0.717) is 28.4 Å². The summed E-state index contributed by atoms with van der Waals surface area (Å²) >= 11 is 0. The van der Waals surface area contributed by atoms with Gasteiger partial charge in [-0.1, -0.05) is 0 Å². The SMILES string of the molecule is COc1cc(/C=N/NC(=O)c2ccncc2)cc(OC)c1OC.O. The van der Waals surface area contributed by atoms with E-state index in [1.54, 1.807) is 24.3 Å². The molecule has 0 saturated heterocycles. The Balaban J connectivity index is 0.00000288. The maximum absolute atomic E-state index is 11.9. The van der Waals surface area contributed by atoms with Crippen LogP contribution in [-0.4, -0.2) is 43.9 Å². The molecule has 0 radical (unpaired) electrons. The zero-order valence-electron chi connectivity index (χ0n) is 13.6. The second-order valence-electron chi connectivity index (χ2n) is 4.39. The van der Waals surface area contributed by atoms with E-state index < -0.39 is 0 Å². The predicted molar refractivity (Wildman–Crippen MR) is 89.0 cm³/mol. The molecule has 0 saturated carbocycles. The third-order valence-electron chi connectivity index (χ3n) is 3.01. The molecule has 0 atom stereocenters. The van der Waals surface area contributed by atoms with Crippen LogP contribution in [0.2, 0.25) is 0 Å². The molecule has 2 aromatic rings. The molecule has 8 nitrogen and oxygen atoms in total. The summed E-state index contributed by atoms with van der Waals surface area (Å²) in [7, 11) is 4.59. The molecule has 8 heteroatoms. The summed E-state index contributed by atoms with van der Waals surface area (Å²) in [6.07, 6.45) is 4.57. The number of ether oxygens (including phenoxy) is 3. The van der Waals surface area contributed by atoms with Crippen molar-refractivity contribution < 1.29 is 24.5 Å². The lowest BCUT2D eigenvalue weighted by molar-refractivity contribution is 0.0955. The van der Waals surface area contributed by atoms with Gasteiger partial charge in [0.05, 0.1) is 27.5 Å². The molecular formula is C16H19N3O5. The molecule has 1 heterocycles. The van der Waals surface area contributed by atoms with Gasteiger partial charge in [0.15, 0.2) is 11.5 Å². The molecule has 3 N–H and O–H groups in total. The van der Waals surface area contributed by atoms with Crippen LogP contribution >= 0.6 is 0 Å². The highest BCUT2D eigenvalue weighted by Gasteiger charge is 2.12. The number of nitrogens with one attached hydrogen (secondary N) is 1. The van der Waals surface area contributed by atoms with Crippen LogP contribution in [0.25, 0.3) is 0 Å². The van der Waals surface area contributed by atoms with Crippen molar-refractivity contribution in [3.63, 3.8) is 0 Å². The van der Waals surface area contributed by atoms with Crippen molar-refractivity contribution in [2.75, 3.05) is 21.3 Å². The average Bonchev–Trinajstić information content (AvgIpc) is 2.61. The smallest absolute Gasteiger partial charge is 0.271 e. The van der Waals surface area contributed by atoms with E-state index in [9.17, 15) is 4.79 Å². The lowest BCUT2D eigenvalue weighted by Crippen LogP contribution is -2.17. The Hall–Kier alpha value is -3.13. The second-order valence-corrected chi connectivity index (χ2v) is 4.39. The van der Waals surface area contributed by atoms with Crippen LogP contribution in [-0.2, 0) is 0 Å². The molecule has 1 aromatic carbocycles. The summed E-state index contributed by atoms with van der Waals surface area (Å²) in [5.41, 5.74) is 3.60. The minimum atomic E-state index is -0.323. The van der Waals surface area contributed by atoms with Gasteiger partial charge in [0, 0.05) is 23.5 Å². The second kappa shape index (κ2) is 9.11. The Bertz CT molecular complexity index is 679. The summed E-state index contributed by atoms with van der Waals surface area (Å²) in [4.78, 5) is 15.7. The summed E-state index contributed by atoms with van der Waals surface area (Å²) in [6.45, 7) is 0. The molecule has 128 valence electrons. The largest absolute Gasteiger partial charge is 0.493 e. The molecule has 0 spiro atoms. The lowest BCUT2D eigenvalue weighted by atomic mass is 10.2. The Kier molecular flexibility index (Phi) is 7.18. The van der Waals surface area contributed by atoms with Crippen LogP contribution in [0, 0.1) is 0 Å². The summed E-state index contributed by atoms with van der Waals surface area (Å²) in [5, 5.41) is 3.93. The summed E-state index contributed by atoms with van der Waals surface area (Å²) in [6, 6.07) is 6.65. The monoisotopic (exact) mass is 333 g/mol. The van der Waals surface area contributed by atoms with Gasteiger partial charge in [0.25, 0.3) is 5.91 Å². The number of nitrogens with zero attached hydrogens (tertiary/aromatic N) is 2. The Labute approximate surface area is 139 Å². The Morgan fingerprint density at radius 1 is 1.08 bits per heavy atom. The maximum atomic E-state index is 11.9. The van der Waals surface area contributed by atoms with Gasteiger partial charge in [-0.3, -0.25) is 9.78 Å². The van der Waals surface area contributed by atoms with Crippen LogP contribution < -0.4 is 19.6 Å². The minimum Gasteiger partial charge on any atom is -0.493 e. The first kappa shape index (κ1) is 18.9. The normalized spacial score (nSPS) is 9.96. The van der Waals surface area contributed by atoms with E-state index in [0.717, 1.165) is 0 Å². The fourth-order valence-corrected chi connectivity index (χ4v) is 1.91. The van der Waals surface area contributed by atoms with E-state index >= 15 is 0 Å². The number of carbonyl (C=O) groups is 1. The lowest BCUT2D eigenvalue weighted by Gasteiger charge is -2.12. The third-order valence-corrected chi connectivity index (χ3v) is 3.01. The molecule has 2 rings (SSSR count). The Morgan fingerprint density at radius 3 is 2.17 bits per heavy atom. The van der Waals surface area contributed by atoms with Crippen molar-refractivity contribution in [1.82, 2.24) is 10.4 Å². The van der Waals surface area contributed by atoms with Gasteiger partial charge in [-0.2, -0.15) is 5.10 Å². The molecule has 0 aliphatic carbocycles. The number of carbonyl (C=O) groups excluding carboxylic acids is 1. The zero-order valence-corrected chi connectivity index (χ0v) is 13.6. The number of aromatic nitrogens is 1. The van der Waals surface area contributed by atoms with E-state index in [1.807, 2.05) is 0 Å². The van der Waals surface area contributed by atoms with Gasteiger partial charge in [-0.15, -0.1) is 0 Å². The van der Waals surface area contributed by atoms with Crippen molar-refractivity contribution >= 4 is 12.1 Å². The molecule has 0 unspecified atom stereocenters. The van der Waals surface area contributed by atoms with E-state index in [2.05, 4.69) is 15.5 Å². The maximum Gasteiger partial charge on any atom is 0.271 e. The first-order chi connectivity index (χ1) is 11.2. The number of rotatable bonds is 6. The number of benzene rings is 1. The average molecular weight is 333 g/mol. The number of hydrogen-bond acceptors (Lipinski definition) is 6. The zero-order chi connectivity index (χ0) is 16.7. The van der Waals surface area contributed by atoms with Gasteiger partial charge in [0.2, 0.25) is 5.75 Å². The molecule has 1 amide bonds. The van der Waals surface area contributed by atoms with Crippen molar-refractivity contribution in [1.29, 1.82) is 0 Å². The standard InChI is InChI=1S/C16H17N3O4.H2O/c1-21-13-8-11(9-14(22-2)15(13)23-3)10-18-19-16(20)12-4-6-17-7-5-12;/h4-10H,1-3H3,(H,19,20);1H2/b18-10+;. The molecule has 0 aliphatic heterocycles. The van der Waals surface area contributed by atoms with Crippen molar-refractivity contribution in [3.05, 3.63) is 47.8 Å². The van der Waals surface area contributed by atoms with Crippen LogP contribution in [0.1, 0.15) is 15.9 Å². The molecule has 0 bridgehead atoms. The number of amides is 1. The highest BCUT2D eigenvalue weighted by Crippen LogP contribution is 2.37. The van der Waals surface area contributed by atoms with E-state index in [1.165, 1.54) is 39.9 Å². The van der Waals surface area contributed by atoms with Gasteiger partial charge in [0.1, 0.15) is 0 Å². The van der Waals surface area contributed by atoms with Gasteiger partial charge < -0.3 is 19.7 Å². The van der Waals surface area contributed by atoms with Gasteiger partial charge in [-0.05, 0) is 24.3 Å². The van der Waals surface area contributed by atoms with Gasteiger partial charge in [-0.25, -0.2) is 5.43 Å². The molecule has 1 aromatic heterocycles. The first-order valence-electron chi connectivity index (χ1n) is 6.73. The number of hydrazone groups is 1. The van der Waals surface area contributed by atoms with Crippen LogP contribution in [0.15, 0.2) is 41.8 Å². The van der Waals surface area contributed by atoms with Crippen LogP contribution in [0.5, 0.6) is 17.2 Å². The van der Waals surface area contributed by atoms with Crippen LogP contribution in [0.3, 0.4) is 0 Å². The third kappa shape index (κ3) is 4.43. The highest BCUT2D eigenvalue weighted by atomic mass is 16.5. The molecular weight excluding hydrogens is 314 g/mol. The molecule has 0 fully saturated rings. The predicted octanol–water partition coefficient (Wildman–Crippen LogP) is 1.05. The minimum absolute atomic E-state index is 0. The molecule has 24 heavy (non-hydrogen) atoms. The summed E-state index contributed by atoms with van der Waals surface area (Å²) < 4.78 is 15.8. The van der Waals surface area contributed by atoms with Crippen molar-refractivity contribution in [3.8, 4) is 17.2 Å². The highest BCUT2D eigenvalue weighted by molar-refractivity contribution is 5.94. The van der Waals surface area contributed by atoms with E-state index in [-0.39, 0.29) is 11.4 Å². The first-order valence-corrected chi connectivity index (χ1v) is 6.73. The molecule has 0 aliphatic rings. The fraction of sp³-hybridized carbons (Fsp3) is 0.188. The van der Waals surface area contributed by atoms with Crippen molar-refractivity contribution in [2.24, 2.45) is 5.10 Å². The number of methoxy groups -OCH3 is 3. The van der Waals surface area contributed by atoms with Crippen molar-refractivity contribution in [2.45, 2.75) is 0 Å². The van der Waals surface area contributed by atoms with Crippen LogP contribution in [0.4, 0.5) is 0 Å².